The molecule has 0 radical (unpaired) electrons. The molecule has 1 heterocycles. The van der Waals surface area contributed by atoms with E-state index in [1.165, 1.54) is 7.11 Å². The van der Waals surface area contributed by atoms with E-state index in [2.05, 4.69) is 9.72 Å². The standard InChI is InChI=1S/C12H13ClF3NO4/c1-3-20-10(18)5-8-9(21-12(14,15)16)4-7(6-13)17-11(8)19-2/h4H,3,5-6H2,1-2H3. The Morgan fingerprint density at radius 1 is 1.43 bits per heavy atom. The van der Waals surface area contributed by atoms with Crippen molar-refractivity contribution in [2.75, 3.05) is 13.7 Å². The summed E-state index contributed by atoms with van der Waals surface area (Å²) in [5.74, 6) is -1.61. The van der Waals surface area contributed by atoms with E-state index >= 15 is 0 Å². The molecule has 0 N–H and O–H groups in total. The van der Waals surface area contributed by atoms with Gasteiger partial charge in [0.1, 0.15) is 5.75 Å². The minimum absolute atomic E-state index is 0.101. The molecule has 21 heavy (non-hydrogen) atoms. The Bertz CT molecular complexity index is 508. The second-order valence-electron chi connectivity index (χ2n) is 3.76. The van der Waals surface area contributed by atoms with E-state index in [1.54, 1.807) is 6.92 Å². The maximum Gasteiger partial charge on any atom is 0.573 e. The maximum atomic E-state index is 12.4. The number of halogens is 4. The smallest absolute Gasteiger partial charge is 0.481 e. The summed E-state index contributed by atoms with van der Waals surface area (Å²) >= 11 is 5.56. The minimum Gasteiger partial charge on any atom is -0.481 e. The molecule has 0 saturated heterocycles. The highest BCUT2D eigenvalue weighted by Gasteiger charge is 2.33. The first-order valence-electron chi connectivity index (χ1n) is 5.84. The summed E-state index contributed by atoms with van der Waals surface area (Å²) in [5, 5.41) is 0. The van der Waals surface area contributed by atoms with Gasteiger partial charge < -0.3 is 14.2 Å². The third-order valence-corrected chi connectivity index (χ3v) is 2.55. The third kappa shape index (κ3) is 5.30. The van der Waals surface area contributed by atoms with E-state index < -0.39 is 24.5 Å². The van der Waals surface area contributed by atoms with Gasteiger partial charge in [-0.25, -0.2) is 4.98 Å². The van der Waals surface area contributed by atoms with E-state index in [1.807, 2.05) is 0 Å². The molecule has 0 aliphatic carbocycles. The fourth-order valence-corrected chi connectivity index (χ4v) is 1.68. The van der Waals surface area contributed by atoms with Crippen molar-refractivity contribution in [1.29, 1.82) is 0 Å². The molecular weight excluding hydrogens is 315 g/mol. The lowest BCUT2D eigenvalue weighted by Crippen LogP contribution is -2.20. The van der Waals surface area contributed by atoms with Crippen LogP contribution >= 0.6 is 11.6 Å². The Labute approximate surface area is 124 Å². The van der Waals surface area contributed by atoms with Gasteiger partial charge in [-0.2, -0.15) is 0 Å². The fraction of sp³-hybridized carbons (Fsp3) is 0.500. The summed E-state index contributed by atoms with van der Waals surface area (Å²) in [7, 11) is 1.21. The summed E-state index contributed by atoms with van der Waals surface area (Å²) in [6.45, 7) is 1.68. The van der Waals surface area contributed by atoms with E-state index in [9.17, 15) is 18.0 Å². The van der Waals surface area contributed by atoms with E-state index in [4.69, 9.17) is 21.1 Å². The van der Waals surface area contributed by atoms with Gasteiger partial charge in [-0.3, -0.25) is 4.79 Å². The van der Waals surface area contributed by atoms with Gasteiger partial charge in [0, 0.05) is 6.07 Å². The van der Waals surface area contributed by atoms with Crippen molar-refractivity contribution < 1.29 is 32.2 Å². The lowest BCUT2D eigenvalue weighted by Gasteiger charge is -2.16. The molecule has 9 heteroatoms. The highest BCUT2D eigenvalue weighted by Crippen LogP contribution is 2.33. The Hall–Kier alpha value is -1.70. The highest BCUT2D eigenvalue weighted by molar-refractivity contribution is 6.16. The number of nitrogens with zero attached hydrogens (tertiary/aromatic N) is 1. The van der Waals surface area contributed by atoms with Gasteiger partial charge in [0.2, 0.25) is 5.88 Å². The number of carbonyl (C=O) groups excluding carboxylic acids is 1. The Kier molecular flexibility index (Phi) is 6.07. The van der Waals surface area contributed by atoms with Gasteiger partial charge in [-0.15, -0.1) is 24.8 Å². The van der Waals surface area contributed by atoms with Crippen molar-refractivity contribution in [3.05, 3.63) is 17.3 Å². The first-order valence-corrected chi connectivity index (χ1v) is 6.38. The van der Waals surface area contributed by atoms with Crippen LogP contribution in [0.15, 0.2) is 6.07 Å². The second-order valence-corrected chi connectivity index (χ2v) is 4.03. The van der Waals surface area contributed by atoms with Crippen molar-refractivity contribution in [1.82, 2.24) is 4.98 Å². The molecule has 0 amide bonds. The molecule has 5 nitrogen and oxygen atoms in total. The number of methoxy groups -OCH3 is 1. The second kappa shape index (κ2) is 7.35. The topological polar surface area (TPSA) is 57.7 Å². The van der Waals surface area contributed by atoms with Crippen LogP contribution in [0.2, 0.25) is 0 Å². The quantitative estimate of drug-likeness (QED) is 0.594. The zero-order chi connectivity index (χ0) is 16.0. The first-order chi connectivity index (χ1) is 9.80. The van der Waals surface area contributed by atoms with Gasteiger partial charge in [-0.1, -0.05) is 0 Å². The summed E-state index contributed by atoms with van der Waals surface area (Å²) in [6.07, 6.45) is -5.38. The predicted octanol–water partition coefficient (Wildman–Crippen LogP) is 2.83. The number of esters is 1. The lowest BCUT2D eigenvalue weighted by atomic mass is 10.1. The SMILES string of the molecule is CCOC(=O)Cc1c(OC(F)(F)F)cc(CCl)nc1OC. The molecule has 0 aromatic carbocycles. The average Bonchev–Trinajstić information content (AvgIpc) is 2.39. The van der Waals surface area contributed by atoms with E-state index in [0.717, 1.165) is 6.07 Å². The van der Waals surface area contributed by atoms with Crippen molar-refractivity contribution >= 4 is 17.6 Å². The number of alkyl halides is 4. The summed E-state index contributed by atoms with van der Waals surface area (Å²) in [5.41, 5.74) is -0.0254. The number of hydrogen-bond acceptors (Lipinski definition) is 5. The number of hydrogen-bond donors (Lipinski definition) is 0. The maximum absolute atomic E-state index is 12.4. The number of rotatable bonds is 6. The molecule has 0 unspecified atom stereocenters. The van der Waals surface area contributed by atoms with Crippen molar-refractivity contribution in [3.63, 3.8) is 0 Å². The molecule has 0 aliphatic rings. The molecule has 1 aromatic rings. The number of pyridine rings is 1. The summed E-state index contributed by atoms with van der Waals surface area (Å²) < 4.78 is 50.8. The number of carbonyl (C=O) groups is 1. The molecular formula is C12H13ClF3NO4. The highest BCUT2D eigenvalue weighted by atomic mass is 35.5. The lowest BCUT2D eigenvalue weighted by molar-refractivity contribution is -0.275. The average molecular weight is 328 g/mol. The monoisotopic (exact) mass is 327 g/mol. The van der Waals surface area contributed by atoms with Crippen LogP contribution in [0.1, 0.15) is 18.2 Å². The van der Waals surface area contributed by atoms with Crippen LogP contribution < -0.4 is 9.47 Å². The molecule has 0 aliphatic heterocycles. The molecule has 0 saturated carbocycles. The van der Waals surface area contributed by atoms with Gasteiger partial charge in [-0.05, 0) is 6.92 Å². The predicted molar refractivity (Wildman–Crippen MR) is 67.4 cm³/mol. The van der Waals surface area contributed by atoms with Crippen molar-refractivity contribution in [2.45, 2.75) is 25.6 Å². The number of ether oxygens (including phenoxy) is 3. The van der Waals surface area contributed by atoms with Gasteiger partial charge in [0.15, 0.2) is 0 Å². The molecule has 1 aromatic heterocycles. The zero-order valence-corrected chi connectivity index (χ0v) is 12.0. The van der Waals surface area contributed by atoms with Crippen LogP contribution in [0.4, 0.5) is 13.2 Å². The third-order valence-electron chi connectivity index (χ3n) is 2.28. The van der Waals surface area contributed by atoms with Crippen molar-refractivity contribution in [3.8, 4) is 11.6 Å². The van der Waals surface area contributed by atoms with Crippen LogP contribution in [0.5, 0.6) is 11.6 Å². The van der Waals surface area contributed by atoms with Gasteiger partial charge in [0.25, 0.3) is 0 Å². The Balaban J connectivity index is 3.24. The number of aromatic nitrogens is 1. The van der Waals surface area contributed by atoms with Crippen LogP contribution in [-0.4, -0.2) is 31.0 Å². The minimum atomic E-state index is -4.92. The zero-order valence-electron chi connectivity index (χ0n) is 11.3. The Morgan fingerprint density at radius 3 is 2.57 bits per heavy atom. The largest absolute Gasteiger partial charge is 0.573 e. The van der Waals surface area contributed by atoms with Crippen LogP contribution in [0.25, 0.3) is 0 Å². The summed E-state index contributed by atoms with van der Waals surface area (Å²) in [4.78, 5) is 15.4. The van der Waals surface area contributed by atoms with Crippen LogP contribution in [-0.2, 0) is 21.8 Å². The van der Waals surface area contributed by atoms with Crippen molar-refractivity contribution in [2.24, 2.45) is 0 Å². The molecule has 0 bridgehead atoms. The normalized spacial score (nSPS) is 11.1. The first kappa shape index (κ1) is 17.4. The van der Waals surface area contributed by atoms with Crippen LogP contribution in [0, 0.1) is 0 Å². The molecule has 0 spiro atoms. The Morgan fingerprint density at radius 2 is 2.10 bits per heavy atom. The molecule has 0 atom stereocenters. The van der Waals surface area contributed by atoms with Crippen LogP contribution in [0.3, 0.4) is 0 Å². The van der Waals surface area contributed by atoms with Gasteiger partial charge in [0.05, 0.1) is 37.3 Å². The summed E-state index contributed by atoms with van der Waals surface area (Å²) in [6, 6.07) is 1.01. The van der Waals surface area contributed by atoms with E-state index in [0.29, 0.717) is 0 Å². The van der Waals surface area contributed by atoms with Gasteiger partial charge >= 0.3 is 12.3 Å². The molecule has 118 valence electrons. The fourth-order valence-electron chi connectivity index (χ4n) is 1.55. The van der Waals surface area contributed by atoms with E-state index in [-0.39, 0.29) is 29.6 Å². The molecule has 1 rings (SSSR count). The molecule has 0 fully saturated rings.